The molecule has 0 amide bonds. The molecule has 1 aromatic heterocycles. The number of nitrogens with one attached hydrogen (secondary N) is 1. The first-order valence-corrected chi connectivity index (χ1v) is 8.49. The molecule has 0 spiro atoms. The van der Waals surface area contributed by atoms with Gasteiger partial charge >= 0.3 is 0 Å². The zero-order valence-electron chi connectivity index (χ0n) is 14.1. The lowest BCUT2D eigenvalue weighted by Crippen LogP contribution is -2.30. The van der Waals surface area contributed by atoms with Crippen LogP contribution in [0.15, 0.2) is 54.9 Å². The molecule has 6 heteroatoms. The van der Waals surface area contributed by atoms with Gasteiger partial charge in [0, 0.05) is 30.7 Å². The molecule has 3 aromatic rings. The fraction of sp³-hybridized carbons (Fsp3) is 0.200. The van der Waals surface area contributed by atoms with Crippen molar-refractivity contribution >= 4 is 0 Å². The maximum absolute atomic E-state index is 9.82. The number of aryl methyl sites for hydroxylation is 1. The topological polar surface area (TPSA) is 91.4 Å². The van der Waals surface area contributed by atoms with Crippen molar-refractivity contribution in [2.75, 3.05) is 6.61 Å². The molecule has 0 aliphatic carbocycles. The van der Waals surface area contributed by atoms with E-state index in [-0.39, 0.29) is 18.3 Å². The van der Waals surface area contributed by atoms with Crippen molar-refractivity contribution in [3.63, 3.8) is 0 Å². The van der Waals surface area contributed by atoms with Crippen LogP contribution in [0, 0.1) is 5.41 Å². The summed E-state index contributed by atoms with van der Waals surface area (Å²) in [6, 6.07) is 14.9. The summed E-state index contributed by atoms with van der Waals surface area (Å²) in [6.45, 7) is 0.573. The van der Waals surface area contributed by atoms with Crippen molar-refractivity contribution in [1.82, 2.24) is 9.55 Å². The minimum atomic E-state index is -0.211. The monoisotopic (exact) mass is 349 g/mol. The zero-order chi connectivity index (χ0) is 18.1. The van der Waals surface area contributed by atoms with Crippen molar-refractivity contribution < 1.29 is 14.9 Å². The number of aromatic hydroxyl groups is 1. The van der Waals surface area contributed by atoms with Crippen molar-refractivity contribution in [3.8, 4) is 17.4 Å². The van der Waals surface area contributed by atoms with E-state index in [1.54, 1.807) is 23.0 Å². The van der Waals surface area contributed by atoms with Crippen LogP contribution in [0.1, 0.15) is 29.0 Å². The van der Waals surface area contributed by atoms with Gasteiger partial charge in [0.25, 0.3) is 0 Å². The van der Waals surface area contributed by atoms with E-state index < -0.39 is 0 Å². The molecule has 1 aliphatic heterocycles. The third kappa shape index (κ3) is 2.74. The first-order valence-electron chi connectivity index (χ1n) is 8.49. The average molecular weight is 349 g/mol. The predicted molar refractivity (Wildman–Crippen MR) is 95.4 cm³/mol. The molecular weight excluding hydrogens is 330 g/mol. The third-order valence-electron chi connectivity index (χ3n) is 4.58. The zero-order valence-corrected chi connectivity index (χ0v) is 14.1. The van der Waals surface area contributed by atoms with E-state index in [1.165, 1.54) is 0 Å². The number of phenolic OH excluding ortho intramolecular Hbond substituents is 1. The molecule has 6 nitrogen and oxygen atoms in total. The summed E-state index contributed by atoms with van der Waals surface area (Å²) >= 11 is 0. The summed E-state index contributed by atoms with van der Waals surface area (Å²) in [5, 5.41) is 27.6. The predicted octanol–water partition coefficient (Wildman–Crippen LogP) is 2.74. The quantitative estimate of drug-likeness (QED) is 0.528. The van der Waals surface area contributed by atoms with Crippen molar-refractivity contribution in [3.05, 3.63) is 77.0 Å². The number of aliphatic hydroxyl groups excluding tert-OH is 1. The Morgan fingerprint density at radius 3 is 2.73 bits per heavy atom. The van der Waals surface area contributed by atoms with Crippen molar-refractivity contribution in [1.29, 1.82) is 5.41 Å². The summed E-state index contributed by atoms with van der Waals surface area (Å²) in [5.74, 6) is 0.838. The minimum absolute atomic E-state index is 0.0598. The van der Waals surface area contributed by atoms with Crippen LogP contribution >= 0.6 is 0 Å². The van der Waals surface area contributed by atoms with Crippen molar-refractivity contribution in [2.45, 2.75) is 18.9 Å². The van der Waals surface area contributed by atoms with E-state index >= 15 is 0 Å². The molecule has 2 heterocycles. The van der Waals surface area contributed by atoms with E-state index in [4.69, 9.17) is 15.3 Å². The highest BCUT2D eigenvalue weighted by Gasteiger charge is 2.32. The molecule has 2 aromatic carbocycles. The summed E-state index contributed by atoms with van der Waals surface area (Å²) < 4.78 is 7.62. The minimum Gasteiger partial charge on any atom is -0.508 e. The van der Waals surface area contributed by atoms with Crippen LogP contribution in [-0.4, -0.2) is 26.4 Å². The number of aromatic nitrogens is 2. The van der Waals surface area contributed by atoms with E-state index in [1.807, 2.05) is 36.4 Å². The maximum atomic E-state index is 9.82. The first-order chi connectivity index (χ1) is 12.7. The second-order valence-electron chi connectivity index (χ2n) is 6.25. The average Bonchev–Trinajstić information content (AvgIpc) is 2.66. The van der Waals surface area contributed by atoms with Gasteiger partial charge in [-0.3, -0.25) is 5.41 Å². The normalized spacial score (nSPS) is 15.0. The molecule has 4 rings (SSSR count). The number of fused-ring (bicyclic) bond motifs is 2. The highest BCUT2D eigenvalue weighted by molar-refractivity contribution is 5.57. The van der Waals surface area contributed by atoms with Crippen LogP contribution in [0.25, 0.3) is 0 Å². The summed E-state index contributed by atoms with van der Waals surface area (Å²) in [5.41, 5.74) is 2.92. The number of hydrogen-bond donors (Lipinski definition) is 3. The molecule has 0 saturated carbocycles. The van der Waals surface area contributed by atoms with Crippen LogP contribution in [0.5, 0.6) is 17.4 Å². The molecule has 0 unspecified atom stereocenters. The van der Waals surface area contributed by atoms with Crippen LogP contribution < -0.4 is 10.2 Å². The van der Waals surface area contributed by atoms with Crippen LogP contribution in [0.2, 0.25) is 0 Å². The number of aliphatic hydroxyl groups is 1. The Morgan fingerprint density at radius 2 is 1.96 bits per heavy atom. The standard InChI is InChI=1S/C20H19N3O3/c21-19-18-17(13-5-2-1-3-6-13)15-8-7-14(25)11-16(15)26-20(18)22-12-23(19)9-4-10-24/h1-3,5-8,11-12,17,21,24-25H,4,9-10H2/t17-/m1/s1. The Morgan fingerprint density at radius 1 is 1.15 bits per heavy atom. The Balaban J connectivity index is 1.94. The van der Waals surface area contributed by atoms with Gasteiger partial charge in [0.2, 0.25) is 5.88 Å². The molecule has 0 bridgehead atoms. The van der Waals surface area contributed by atoms with Gasteiger partial charge in [0.15, 0.2) is 0 Å². The highest BCUT2D eigenvalue weighted by Crippen LogP contribution is 2.45. The van der Waals surface area contributed by atoms with Gasteiger partial charge in [-0.2, -0.15) is 0 Å². The third-order valence-corrected chi connectivity index (χ3v) is 4.58. The van der Waals surface area contributed by atoms with E-state index in [9.17, 15) is 5.11 Å². The number of hydrogen-bond acceptors (Lipinski definition) is 5. The number of benzene rings is 2. The highest BCUT2D eigenvalue weighted by atomic mass is 16.5. The van der Waals surface area contributed by atoms with Crippen LogP contribution in [0.4, 0.5) is 0 Å². The molecule has 0 saturated heterocycles. The molecule has 0 fully saturated rings. The number of phenols is 1. The molecule has 0 radical (unpaired) electrons. The fourth-order valence-corrected chi connectivity index (χ4v) is 3.36. The van der Waals surface area contributed by atoms with E-state index in [0.717, 1.165) is 11.1 Å². The molecule has 3 N–H and O–H groups in total. The lowest BCUT2D eigenvalue weighted by Gasteiger charge is -2.28. The van der Waals surface area contributed by atoms with E-state index in [2.05, 4.69) is 4.98 Å². The van der Waals surface area contributed by atoms with E-state index in [0.29, 0.717) is 35.6 Å². The van der Waals surface area contributed by atoms with Crippen molar-refractivity contribution in [2.24, 2.45) is 0 Å². The van der Waals surface area contributed by atoms with Gasteiger partial charge in [-0.15, -0.1) is 0 Å². The second kappa shape index (κ2) is 6.65. The number of nitrogens with zero attached hydrogens (tertiary/aromatic N) is 2. The number of rotatable bonds is 4. The lowest BCUT2D eigenvalue weighted by molar-refractivity contribution is 0.278. The van der Waals surface area contributed by atoms with Gasteiger partial charge in [0.05, 0.1) is 5.56 Å². The van der Waals surface area contributed by atoms with Crippen LogP contribution in [0.3, 0.4) is 0 Å². The second-order valence-corrected chi connectivity index (χ2v) is 6.25. The Labute approximate surface area is 150 Å². The molecule has 132 valence electrons. The van der Waals surface area contributed by atoms with Gasteiger partial charge < -0.3 is 19.5 Å². The molecule has 26 heavy (non-hydrogen) atoms. The van der Waals surface area contributed by atoms with Gasteiger partial charge in [-0.25, -0.2) is 4.98 Å². The molecule has 1 aliphatic rings. The van der Waals surface area contributed by atoms with Gasteiger partial charge in [-0.05, 0) is 18.1 Å². The number of ether oxygens (including phenoxy) is 1. The Hall–Kier alpha value is -3.12. The smallest absolute Gasteiger partial charge is 0.228 e. The van der Waals surface area contributed by atoms with Gasteiger partial charge in [-0.1, -0.05) is 36.4 Å². The summed E-state index contributed by atoms with van der Waals surface area (Å²) in [7, 11) is 0. The largest absolute Gasteiger partial charge is 0.508 e. The molecule has 1 atom stereocenters. The summed E-state index contributed by atoms with van der Waals surface area (Å²) in [6.07, 6.45) is 2.12. The SMILES string of the molecule is N=c1c2c(ncn1CCCO)Oc1cc(O)ccc1[C@H]2c1ccccc1. The van der Waals surface area contributed by atoms with Gasteiger partial charge in [0.1, 0.15) is 23.3 Å². The Kier molecular flexibility index (Phi) is 4.18. The maximum Gasteiger partial charge on any atom is 0.228 e. The lowest BCUT2D eigenvalue weighted by atomic mass is 9.84. The first kappa shape index (κ1) is 16.4. The molecular formula is C20H19N3O3. The Bertz CT molecular complexity index is 999. The van der Waals surface area contributed by atoms with Crippen LogP contribution in [-0.2, 0) is 6.54 Å². The fourth-order valence-electron chi connectivity index (χ4n) is 3.36. The summed E-state index contributed by atoms with van der Waals surface area (Å²) in [4.78, 5) is 4.39.